The van der Waals surface area contributed by atoms with E-state index in [-0.39, 0.29) is 29.2 Å². The summed E-state index contributed by atoms with van der Waals surface area (Å²) in [5.74, 6) is -0.980. The van der Waals surface area contributed by atoms with Gasteiger partial charge in [-0.3, -0.25) is 0 Å². The molecule has 3 aliphatic rings. The van der Waals surface area contributed by atoms with Gasteiger partial charge < -0.3 is 9.26 Å². The zero-order chi connectivity index (χ0) is 24.2. The van der Waals surface area contributed by atoms with Crippen LogP contribution in [0.15, 0.2) is 33.7 Å². The highest BCUT2D eigenvalue weighted by Crippen LogP contribution is 2.47. The van der Waals surface area contributed by atoms with Crippen molar-refractivity contribution in [3.8, 4) is 0 Å². The van der Waals surface area contributed by atoms with Crippen molar-refractivity contribution in [3.63, 3.8) is 0 Å². The highest BCUT2D eigenvalue weighted by molar-refractivity contribution is 7.95. The first-order chi connectivity index (χ1) is 15.3. The fourth-order valence-corrected chi connectivity index (χ4v) is 6.05. The largest absolute Gasteiger partial charge is 0.501 e. The molecule has 2 heterocycles. The van der Waals surface area contributed by atoms with Crippen molar-refractivity contribution in [2.75, 3.05) is 19.4 Å². The minimum absolute atomic E-state index is 0.0484. The van der Waals surface area contributed by atoms with Crippen LogP contribution in [0.25, 0.3) is 0 Å². The van der Waals surface area contributed by atoms with Crippen molar-refractivity contribution in [3.05, 3.63) is 40.7 Å². The monoisotopic (exact) mass is 476 g/mol. The molecule has 1 unspecified atom stereocenters. The fraction of sp³-hybridized carbons (Fsp3) is 0.565. The quantitative estimate of drug-likeness (QED) is 0.531. The van der Waals surface area contributed by atoms with E-state index in [0.29, 0.717) is 17.2 Å². The van der Waals surface area contributed by atoms with Gasteiger partial charge in [-0.25, -0.2) is 13.2 Å². The van der Waals surface area contributed by atoms with Crippen LogP contribution in [0.2, 0.25) is 0 Å². The van der Waals surface area contributed by atoms with Gasteiger partial charge in [-0.2, -0.15) is 14.3 Å². The van der Waals surface area contributed by atoms with Crippen LogP contribution >= 0.6 is 0 Å². The van der Waals surface area contributed by atoms with Gasteiger partial charge in [-0.1, -0.05) is 12.1 Å². The number of carbonyl (C=O) groups is 2. The summed E-state index contributed by atoms with van der Waals surface area (Å²) in [6.45, 7) is 7.47. The second kappa shape index (κ2) is 8.02. The molecule has 0 saturated heterocycles. The molecule has 1 fully saturated rings. The van der Waals surface area contributed by atoms with E-state index in [1.165, 1.54) is 16.7 Å². The zero-order valence-corrected chi connectivity index (χ0v) is 20.4. The van der Waals surface area contributed by atoms with E-state index in [1.54, 1.807) is 26.2 Å². The Kier molecular flexibility index (Phi) is 5.73. The molecule has 3 amide bonds. The lowest BCUT2D eigenvalue weighted by Gasteiger charge is -2.30. The van der Waals surface area contributed by atoms with Gasteiger partial charge in [0.2, 0.25) is 0 Å². The van der Waals surface area contributed by atoms with Gasteiger partial charge in [0.25, 0.3) is 0 Å². The molecule has 10 heteroatoms. The molecule has 1 saturated carbocycles. The standard InChI is InChI=1S/C23H30N3O6S/c1-15-10-16(32-24-15)12-25-20(27)18-11-17(33(29,30)14-23(4)8-9-23)6-7-19(18)26(21(25)28)13-22(2,3)31-5/h6-7,10-11,18H,8-9,12-14H2,1-5H3/q+1. The molecule has 0 bridgehead atoms. The summed E-state index contributed by atoms with van der Waals surface area (Å²) in [6.07, 6.45) is 6.29. The number of aromatic nitrogens is 1. The van der Waals surface area contributed by atoms with E-state index in [0.717, 1.165) is 17.7 Å². The van der Waals surface area contributed by atoms with Gasteiger partial charge in [0.1, 0.15) is 18.2 Å². The molecule has 1 atom stereocenters. The maximum Gasteiger partial charge on any atom is 0.501 e. The molecule has 1 aliphatic heterocycles. The van der Waals surface area contributed by atoms with Crippen LogP contribution in [0.5, 0.6) is 0 Å². The van der Waals surface area contributed by atoms with E-state index in [4.69, 9.17) is 9.26 Å². The lowest BCUT2D eigenvalue weighted by atomic mass is 9.93. The molecule has 178 valence electrons. The first-order valence-electron chi connectivity index (χ1n) is 10.9. The third-order valence-corrected chi connectivity index (χ3v) is 8.52. The number of imide groups is 1. The first kappa shape index (κ1) is 23.6. The number of urea groups is 1. The lowest BCUT2D eigenvalue weighted by Crippen LogP contribution is -2.56. The van der Waals surface area contributed by atoms with E-state index in [2.05, 4.69) is 5.16 Å². The molecule has 2 aliphatic carbocycles. The van der Waals surface area contributed by atoms with Gasteiger partial charge in [-0.05, 0) is 57.3 Å². The normalized spacial score (nSPS) is 22.5. The number of nitrogens with zero attached hydrogens (tertiary/aromatic N) is 3. The Morgan fingerprint density at radius 3 is 2.58 bits per heavy atom. The molecule has 1 aromatic heterocycles. The average Bonchev–Trinajstić information content (AvgIpc) is 3.31. The Bertz CT molecular complexity index is 1200. The predicted octanol–water partition coefficient (Wildman–Crippen LogP) is 2.61. The number of aryl methyl sites for hydroxylation is 1. The number of ether oxygens (including phenoxy) is 1. The Morgan fingerprint density at radius 2 is 2.00 bits per heavy atom. The van der Waals surface area contributed by atoms with Crippen molar-refractivity contribution in [1.82, 2.24) is 10.1 Å². The Morgan fingerprint density at radius 1 is 1.30 bits per heavy atom. The Balaban J connectivity index is 1.74. The van der Waals surface area contributed by atoms with E-state index >= 15 is 0 Å². The summed E-state index contributed by atoms with van der Waals surface area (Å²) in [5, 5.41) is 3.82. The van der Waals surface area contributed by atoms with Gasteiger partial charge in [0, 0.05) is 13.2 Å². The summed E-state index contributed by atoms with van der Waals surface area (Å²) in [5.41, 5.74) is 0.187. The smallest absolute Gasteiger partial charge is 0.375 e. The van der Waals surface area contributed by atoms with E-state index < -0.39 is 33.3 Å². The predicted molar refractivity (Wildman–Crippen MR) is 120 cm³/mol. The number of allylic oxidation sites excluding steroid dienone is 2. The number of hydrogen-bond donors (Lipinski definition) is 0. The molecule has 0 N–H and O–H groups in total. The molecule has 0 spiro atoms. The maximum atomic E-state index is 13.4. The highest BCUT2D eigenvalue weighted by atomic mass is 32.2. The fourth-order valence-electron chi connectivity index (χ4n) is 4.05. The Labute approximate surface area is 193 Å². The van der Waals surface area contributed by atoms with Crippen molar-refractivity contribution in [1.29, 1.82) is 0 Å². The zero-order valence-electron chi connectivity index (χ0n) is 19.6. The van der Waals surface area contributed by atoms with Crippen molar-refractivity contribution in [2.24, 2.45) is 11.3 Å². The van der Waals surface area contributed by atoms with Crippen LogP contribution < -0.4 is 0 Å². The number of rotatable bonds is 8. The van der Waals surface area contributed by atoms with Crippen molar-refractivity contribution in [2.45, 2.75) is 52.7 Å². The van der Waals surface area contributed by atoms with Crippen molar-refractivity contribution < 1.29 is 31.8 Å². The molecule has 0 radical (unpaired) electrons. The number of fused-ring (bicyclic) bond motifs is 1. The van der Waals surface area contributed by atoms with Crippen molar-refractivity contribution >= 4 is 27.5 Å². The number of carbonyl (C=O) groups excluding carboxylic acids is 2. The van der Waals surface area contributed by atoms with E-state index in [9.17, 15) is 18.0 Å². The van der Waals surface area contributed by atoms with Crippen LogP contribution in [0.4, 0.5) is 4.79 Å². The molecular weight excluding hydrogens is 446 g/mol. The van der Waals surface area contributed by atoms with Gasteiger partial charge in [0.05, 0.1) is 22.0 Å². The number of hydrogen-bond acceptors (Lipinski definition) is 7. The maximum absolute atomic E-state index is 13.4. The third-order valence-electron chi connectivity index (χ3n) is 6.46. The van der Waals surface area contributed by atoms with Crippen LogP contribution in [-0.4, -0.2) is 65.7 Å². The highest BCUT2D eigenvalue weighted by Gasteiger charge is 2.50. The lowest BCUT2D eigenvalue weighted by molar-refractivity contribution is -0.461. The summed E-state index contributed by atoms with van der Waals surface area (Å²) in [7, 11) is -2.01. The Hall–Kier alpha value is -2.59. The topological polar surface area (TPSA) is 110 Å². The van der Waals surface area contributed by atoms with Gasteiger partial charge >= 0.3 is 11.9 Å². The van der Waals surface area contributed by atoms with Crippen LogP contribution in [-0.2, 0) is 25.9 Å². The SMILES string of the molecule is COC(C)(C)C[N+]1=C2C=CC(S(=O)(=O)CC3(C)CC3)=CC2C(=O)N(Cc2cc(C)no2)C1=O. The van der Waals surface area contributed by atoms with E-state index in [1.807, 2.05) is 20.8 Å². The molecule has 9 nitrogen and oxygen atoms in total. The van der Waals surface area contributed by atoms with Crippen LogP contribution in [0.3, 0.4) is 0 Å². The molecule has 4 rings (SSSR count). The van der Waals surface area contributed by atoms with Crippen LogP contribution in [0.1, 0.15) is 45.1 Å². The number of amides is 3. The second-order valence-electron chi connectivity index (χ2n) is 10.1. The summed E-state index contributed by atoms with van der Waals surface area (Å²) in [6, 6.07) is 1.15. The number of methoxy groups -OCH3 is 1. The minimum atomic E-state index is -3.56. The number of sulfone groups is 1. The average molecular weight is 477 g/mol. The summed E-state index contributed by atoms with van der Waals surface area (Å²) < 4.78 is 38.3. The molecule has 0 aromatic carbocycles. The summed E-state index contributed by atoms with van der Waals surface area (Å²) in [4.78, 5) is 28.0. The molecular formula is C23H30N3O6S+. The second-order valence-corrected chi connectivity index (χ2v) is 12.1. The molecule has 33 heavy (non-hydrogen) atoms. The first-order valence-corrected chi connectivity index (χ1v) is 12.6. The summed E-state index contributed by atoms with van der Waals surface area (Å²) >= 11 is 0. The molecule has 1 aromatic rings. The van der Waals surface area contributed by atoms with Gasteiger partial charge in [0.15, 0.2) is 22.1 Å². The van der Waals surface area contributed by atoms with Crippen LogP contribution in [0, 0.1) is 18.3 Å². The third kappa shape index (κ3) is 4.72. The van der Waals surface area contributed by atoms with Gasteiger partial charge in [-0.15, -0.1) is 0 Å². The minimum Gasteiger partial charge on any atom is -0.375 e.